The van der Waals surface area contributed by atoms with Gasteiger partial charge in [0.25, 0.3) is 0 Å². The first-order valence-corrected chi connectivity index (χ1v) is 9.23. The van der Waals surface area contributed by atoms with Crippen molar-refractivity contribution < 1.29 is 9.53 Å². The lowest BCUT2D eigenvalue weighted by Gasteiger charge is -2.38. The fourth-order valence-electron chi connectivity index (χ4n) is 3.39. The second-order valence-corrected chi connectivity index (χ2v) is 6.68. The molecule has 1 aliphatic heterocycles. The van der Waals surface area contributed by atoms with Crippen LogP contribution in [-0.2, 0) is 17.8 Å². The number of hydrogen-bond acceptors (Lipinski definition) is 2. The Morgan fingerprint density at radius 3 is 2.33 bits per heavy atom. The van der Waals surface area contributed by atoms with E-state index < -0.39 is 0 Å². The first-order valence-electron chi connectivity index (χ1n) is 9.23. The van der Waals surface area contributed by atoms with Crippen LogP contribution in [0, 0.1) is 0 Å². The molecule has 1 atom stereocenters. The summed E-state index contributed by atoms with van der Waals surface area (Å²) in [5.41, 5.74) is 3.91. The van der Waals surface area contributed by atoms with E-state index in [4.69, 9.17) is 4.74 Å². The van der Waals surface area contributed by atoms with Gasteiger partial charge >= 0.3 is 6.09 Å². The Morgan fingerprint density at radius 2 is 1.70 bits per heavy atom. The van der Waals surface area contributed by atoms with Crippen molar-refractivity contribution in [3.8, 4) is 0 Å². The standard InChI is InChI=1S/C24H25NO2/c1-3-10-23-19(2)15-16-22(17-20-11-6-4-7-12-20)25(23)24(26)27-18-21-13-8-5-9-14-21/h3-14,22H,1-2,15-18H2/b23-10+. The minimum Gasteiger partial charge on any atom is -0.444 e. The average Bonchev–Trinajstić information content (AvgIpc) is 2.70. The smallest absolute Gasteiger partial charge is 0.414 e. The molecule has 1 aliphatic rings. The second kappa shape index (κ2) is 9.04. The molecule has 27 heavy (non-hydrogen) atoms. The lowest BCUT2D eigenvalue weighted by Crippen LogP contribution is -2.44. The first-order chi connectivity index (χ1) is 13.2. The van der Waals surface area contributed by atoms with Crippen LogP contribution in [-0.4, -0.2) is 17.0 Å². The summed E-state index contributed by atoms with van der Waals surface area (Å²) in [7, 11) is 0. The number of carbonyl (C=O) groups excluding carboxylic acids is 1. The maximum absolute atomic E-state index is 13.0. The van der Waals surface area contributed by atoms with Crippen LogP contribution in [0.5, 0.6) is 0 Å². The van der Waals surface area contributed by atoms with Crippen LogP contribution in [0.1, 0.15) is 24.0 Å². The largest absolute Gasteiger partial charge is 0.444 e. The Kier molecular flexibility index (Phi) is 6.26. The Bertz CT molecular complexity index is 824. The summed E-state index contributed by atoms with van der Waals surface area (Å²) in [5.74, 6) is 0. The summed E-state index contributed by atoms with van der Waals surface area (Å²) in [4.78, 5) is 14.7. The van der Waals surface area contributed by atoms with Crippen molar-refractivity contribution in [3.05, 3.63) is 108 Å². The van der Waals surface area contributed by atoms with Gasteiger partial charge in [0.1, 0.15) is 6.61 Å². The number of rotatable bonds is 5. The summed E-state index contributed by atoms with van der Waals surface area (Å²) >= 11 is 0. The molecule has 0 spiro atoms. The molecule has 0 aliphatic carbocycles. The Morgan fingerprint density at radius 1 is 1.07 bits per heavy atom. The third kappa shape index (κ3) is 4.76. The van der Waals surface area contributed by atoms with Crippen LogP contribution in [0.4, 0.5) is 4.79 Å². The van der Waals surface area contributed by atoms with Crippen molar-refractivity contribution in [2.75, 3.05) is 0 Å². The Hall–Kier alpha value is -3.07. The average molecular weight is 359 g/mol. The molecule has 0 radical (unpaired) electrons. The van der Waals surface area contributed by atoms with Gasteiger partial charge in [-0.3, -0.25) is 4.90 Å². The lowest BCUT2D eigenvalue weighted by atomic mass is 9.91. The zero-order valence-electron chi connectivity index (χ0n) is 15.5. The SMILES string of the molecule is C=C/C=C1\C(=C)CCC(Cc2ccccc2)N1C(=O)OCc1ccccc1. The van der Waals surface area contributed by atoms with E-state index in [1.165, 1.54) is 5.56 Å². The van der Waals surface area contributed by atoms with Crippen LogP contribution in [0.2, 0.25) is 0 Å². The highest BCUT2D eigenvalue weighted by molar-refractivity contribution is 5.72. The second-order valence-electron chi connectivity index (χ2n) is 6.68. The molecule has 1 unspecified atom stereocenters. The van der Waals surface area contributed by atoms with Gasteiger partial charge in [-0.1, -0.05) is 79.9 Å². The summed E-state index contributed by atoms with van der Waals surface area (Å²) in [6.45, 7) is 8.18. The molecule has 0 aromatic heterocycles. The molecule has 1 amide bonds. The Balaban J connectivity index is 1.81. The number of amides is 1. The number of ether oxygens (including phenoxy) is 1. The van der Waals surface area contributed by atoms with Crippen molar-refractivity contribution in [3.63, 3.8) is 0 Å². The van der Waals surface area contributed by atoms with Gasteiger partial charge in [0.05, 0.1) is 0 Å². The number of allylic oxidation sites excluding steroid dienone is 3. The predicted molar refractivity (Wildman–Crippen MR) is 109 cm³/mol. The molecule has 1 saturated heterocycles. The van der Waals surface area contributed by atoms with Crippen molar-refractivity contribution in [1.82, 2.24) is 4.90 Å². The minimum atomic E-state index is -0.339. The molecular formula is C24H25NO2. The summed E-state index contributed by atoms with van der Waals surface area (Å²) in [5, 5.41) is 0. The summed E-state index contributed by atoms with van der Waals surface area (Å²) in [6.07, 6.45) is 5.71. The predicted octanol–water partition coefficient (Wildman–Crippen LogP) is 5.66. The molecule has 2 aromatic rings. The topological polar surface area (TPSA) is 29.5 Å². The molecule has 3 rings (SSSR count). The fraction of sp³-hybridized carbons (Fsp3) is 0.208. The van der Waals surface area contributed by atoms with E-state index in [1.54, 1.807) is 11.0 Å². The number of hydrogen-bond donors (Lipinski definition) is 0. The van der Waals surface area contributed by atoms with Gasteiger partial charge in [-0.25, -0.2) is 4.79 Å². The van der Waals surface area contributed by atoms with E-state index in [0.29, 0.717) is 0 Å². The van der Waals surface area contributed by atoms with Gasteiger partial charge in [0.15, 0.2) is 0 Å². The van der Waals surface area contributed by atoms with Crippen molar-refractivity contribution in [1.29, 1.82) is 0 Å². The van der Waals surface area contributed by atoms with Gasteiger partial charge in [-0.05, 0) is 42.0 Å². The van der Waals surface area contributed by atoms with Crippen LogP contribution in [0.3, 0.4) is 0 Å². The number of nitrogens with zero attached hydrogens (tertiary/aromatic N) is 1. The van der Waals surface area contributed by atoms with E-state index in [1.807, 2.05) is 54.6 Å². The molecule has 3 heteroatoms. The van der Waals surface area contributed by atoms with E-state index in [2.05, 4.69) is 25.3 Å². The zero-order valence-corrected chi connectivity index (χ0v) is 15.5. The highest BCUT2D eigenvalue weighted by Crippen LogP contribution is 2.32. The fourth-order valence-corrected chi connectivity index (χ4v) is 3.39. The normalized spacial score (nSPS) is 18.4. The van der Waals surface area contributed by atoms with Crippen molar-refractivity contribution >= 4 is 6.09 Å². The highest BCUT2D eigenvalue weighted by atomic mass is 16.6. The van der Waals surface area contributed by atoms with Gasteiger partial charge in [0.2, 0.25) is 0 Å². The monoisotopic (exact) mass is 359 g/mol. The van der Waals surface area contributed by atoms with E-state index >= 15 is 0 Å². The van der Waals surface area contributed by atoms with E-state index in [9.17, 15) is 4.79 Å². The van der Waals surface area contributed by atoms with Gasteiger partial charge in [0, 0.05) is 11.7 Å². The van der Waals surface area contributed by atoms with E-state index in [-0.39, 0.29) is 18.7 Å². The van der Waals surface area contributed by atoms with Crippen LogP contribution >= 0.6 is 0 Å². The number of benzene rings is 2. The van der Waals surface area contributed by atoms with Crippen molar-refractivity contribution in [2.24, 2.45) is 0 Å². The first kappa shape index (κ1) is 18.7. The van der Waals surface area contributed by atoms with Gasteiger partial charge in [-0.2, -0.15) is 0 Å². The number of carbonyl (C=O) groups is 1. The molecular weight excluding hydrogens is 334 g/mol. The molecule has 2 aromatic carbocycles. The van der Waals surface area contributed by atoms with Crippen LogP contribution in [0.25, 0.3) is 0 Å². The molecule has 3 nitrogen and oxygen atoms in total. The zero-order chi connectivity index (χ0) is 19.1. The summed E-state index contributed by atoms with van der Waals surface area (Å²) in [6, 6.07) is 20.0. The molecule has 1 fully saturated rings. The quantitative estimate of drug-likeness (QED) is 0.690. The molecule has 0 N–H and O–H groups in total. The number of likely N-dealkylation sites (tertiary alicyclic amines) is 1. The number of piperidine rings is 1. The molecule has 1 heterocycles. The maximum atomic E-state index is 13.0. The van der Waals surface area contributed by atoms with Crippen LogP contribution < -0.4 is 0 Å². The van der Waals surface area contributed by atoms with Gasteiger partial charge < -0.3 is 4.74 Å². The minimum absolute atomic E-state index is 0.0346. The lowest BCUT2D eigenvalue weighted by molar-refractivity contribution is 0.0893. The van der Waals surface area contributed by atoms with Gasteiger partial charge in [-0.15, -0.1) is 0 Å². The maximum Gasteiger partial charge on any atom is 0.414 e. The molecule has 0 bridgehead atoms. The Labute approximate surface area is 161 Å². The third-order valence-electron chi connectivity index (χ3n) is 4.76. The summed E-state index contributed by atoms with van der Waals surface area (Å²) < 4.78 is 5.63. The molecule has 0 saturated carbocycles. The van der Waals surface area contributed by atoms with E-state index in [0.717, 1.165) is 36.1 Å². The van der Waals surface area contributed by atoms with Crippen LogP contribution in [0.15, 0.2) is 97.2 Å². The third-order valence-corrected chi connectivity index (χ3v) is 4.76. The van der Waals surface area contributed by atoms with Crippen molar-refractivity contribution in [2.45, 2.75) is 31.9 Å². The molecule has 138 valence electrons. The highest BCUT2D eigenvalue weighted by Gasteiger charge is 2.33.